The fourth-order valence-corrected chi connectivity index (χ4v) is 3.29. The minimum absolute atomic E-state index is 0.155. The number of nitrogens with zero attached hydrogens (tertiary/aromatic N) is 6. The molecule has 0 fully saturated rings. The fourth-order valence-electron chi connectivity index (χ4n) is 2.14. The Morgan fingerprint density at radius 1 is 1.29 bits per heavy atom. The summed E-state index contributed by atoms with van der Waals surface area (Å²) < 4.78 is 10.8. The smallest absolute Gasteiger partial charge is 0.277 e. The molecule has 4 aromatic heterocycles. The second-order valence-corrected chi connectivity index (χ2v) is 7.21. The molecule has 0 bridgehead atoms. The molecule has 0 aliphatic carbocycles. The number of aryl methyl sites for hydroxylation is 1. The van der Waals surface area contributed by atoms with Gasteiger partial charge in [-0.15, -0.1) is 21.5 Å². The van der Waals surface area contributed by atoms with Gasteiger partial charge in [0.15, 0.2) is 11.0 Å². The van der Waals surface area contributed by atoms with Crippen LogP contribution in [0.4, 0.5) is 5.13 Å². The van der Waals surface area contributed by atoms with E-state index in [1.165, 1.54) is 23.1 Å². The Kier molecular flexibility index (Phi) is 5.68. The molecule has 12 heteroatoms. The molecular weight excluding hydrogens is 402 g/mol. The van der Waals surface area contributed by atoms with E-state index in [1.54, 1.807) is 30.0 Å². The van der Waals surface area contributed by atoms with E-state index in [0.717, 1.165) is 5.56 Å². The van der Waals surface area contributed by atoms with Crippen LogP contribution in [0.25, 0.3) is 11.5 Å². The summed E-state index contributed by atoms with van der Waals surface area (Å²) in [5.41, 5.74) is 0.750. The number of hydrogen-bond donors (Lipinski definition) is 1. The molecule has 142 valence electrons. The van der Waals surface area contributed by atoms with Crippen molar-refractivity contribution in [2.75, 3.05) is 5.32 Å². The first-order chi connectivity index (χ1) is 13.8. The maximum absolute atomic E-state index is 11.9. The first-order valence-electron chi connectivity index (χ1n) is 8.14. The van der Waals surface area contributed by atoms with Crippen LogP contribution >= 0.6 is 23.1 Å². The summed E-state index contributed by atoms with van der Waals surface area (Å²) in [6.07, 6.45) is 5.53. The lowest BCUT2D eigenvalue weighted by Crippen LogP contribution is -2.12. The highest BCUT2D eigenvalue weighted by Crippen LogP contribution is 2.24. The molecule has 0 saturated carbocycles. The standard InChI is InChI=1S/C16H13N7O3S2/c24-12(20-15-18-6-7-27-15)3-4-13-19-11(23-26-13)9-28-16-22-21-14(25-16)10-2-1-5-17-8-10/h1-2,5-8H,3-4,9H2,(H,18,20,24). The molecule has 0 aliphatic rings. The van der Waals surface area contributed by atoms with Crippen LogP contribution in [-0.4, -0.2) is 36.2 Å². The van der Waals surface area contributed by atoms with E-state index in [4.69, 9.17) is 8.94 Å². The normalized spacial score (nSPS) is 10.9. The van der Waals surface area contributed by atoms with Gasteiger partial charge in [-0.1, -0.05) is 16.9 Å². The van der Waals surface area contributed by atoms with Crippen LogP contribution in [0, 0.1) is 0 Å². The SMILES string of the molecule is O=C(CCc1nc(CSc2nnc(-c3cccnc3)o2)no1)Nc1nccs1. The molecule has 0 aromatic carbocycles. The highest BCUT2D eigenvalue weighted by Gasteiger charge is 2.13. The second kappa shape index (κ2) is 8.71. The van der Waals surface area contributed by atoms with Gasteiger partial charge >= 0.3 is 0 Å². The number of hydrogen-bond acceptors (Lipinski definition) is 11. The van der Waals surface area contributed by atoms with E-state index >= 15 is 0 Å². The van der Waals surface area contributed by atoms with Crippen LogP contribution in [0.2, 0.25) is 0 Å². The van der Waals surface area contributed by atoms with E-state index < -0.39 is 0 Å². The van der Waals surface area contributed by atoms with Crippen molar-refractivity contribution in [2.24, 2.45) is 0 Å². The Bertz CT molecular complexity index is 1030. The van der Waals surface area contributed by atoms with Crippen LogP contribution < -0.4 is 5.32 Å². The zero-order valence-corrected chi connectivity index (χ0v) is 15.9. The van der Waals surface area contributed by atoms with Gasteiger partial charge in [0.2, 0.25) is 17.7 Å². The van der Waals surface area contributed by atoms with E-state index in [-0.39, 0.29) is 12.3 Å². The number of aromatic nitrogens is 6. The third-order valence-electron chi connectivity index (χ3n) is 3.39. The molecule has 28 heavy (non-hydrogen) atoms. The monoisotopic (exact) mass is 415 g/mol. The third kappa shape index (κ3) is 4.78. The lowest BCUT2D eigenvalue weighted by atomic mass is 10.3. The number of rotatable bonds is 8. The lowest BCUT2D eigenvalue weighted by Gasteiger charge is -1.98. The summed E-state index contributed by atoms with van der Waals surface area (Å²) in [5, 5.41) is 17.3. The van der Waals surface area contributed by atoms with E-state index in [9.17, 15) is 4.79 Å². The Morgan fingerprint density at radius 3 is 3.07 bits per heavy atom. The van der Waals surface area contributed by atoms with Crippen molar-refractivity contribution < 1.29 is 13.7 Å². The molecule has 0 spiro atoms. The van der Waals surface area contributed by atoms with Crippen molar-refractivity contribution >= 4 is 34.1 Å². The minimum atomic E-state index is -0.155. The summed E-state index contributed by atoms with van der Waals surface area (Å²) in [6, 6.07) is 3.63. The zero-order chi connectivity index (χ0) is 19.2. The quantitative estimate of drug-likeness (QED) is 0.428. The predicted octanol–water partition coefficient (Wildman–Crippen LogP) is 2.83. The third-order valence-corrected chi connectivity index (χ3v) is 4.90. The van der Waals surface area contributed by atoms with Crippen molar-refractivity contribution in [1.82, 2.24) is 30.3 Å². The van der Waals surface area contributed by atoms with Gasteiger partial charge in [-0.05, 0) is 12.1 Å². The van der Waals surface area contributed by atoms with Crippen LogP contribution in [0.5, 0.6) is 0 Å². The van der Waals surface area contributed by atoms with Gasteiger partial charge in [0.05, 0.1) is 11.3 Å². The molecular formula is C16H13N7O3S2. The zero-order valence-electron chi connectivity index (χ0n) is 14.3. The largest absolute Gasteiger partial charge is 0.411 e. The number of thioether (sulfide) groups is 1. The highest BCUT2D eigenvalue weighted by molar-refractivity contribution is 7.98. The van der Waals surface area contributed by atoms with Gasteiger partial charge in [-0.2, -0.15) is 4.98 Å². The van der Waals surface area contributed by atoms with Crippen LogP contribution in [-0.2, 0) is 17.0 Å². The van der Waals surface area contributed by atoms with E-state index in [2.05, 4.69) is 35.6 Å². The molecule has 0 saturated heterocycles. The number of thiazole rings is 1. The van der Waals surface area contributed by atoms with Gasteiger partial charge in [0, 0.05) is 36.8 Å². The Hall–Kier alpha value is -3.12. The minimum Gasteiger partial charge on any atom is -0.411 e. The number of amides is 1. The number of carbonyl (C=O) groups is 1. The summed E-state index contributed by atoms with van der Waals surface area (Å²) >= 11 is 2.66. The molecule has 4 rings (SSSR count). The molecule has 1 N–H and O–H groups in total. The molecule has 0 radical (unpaired) electrons. The molecule has 10 nitrogen and oxygen atoms in total. The number of carbonyl (C=O) groups excluding carboxylic acids is 1. The van der Waals surface area contributed by atoms with Crippen molar-refractivity contribution in [1.29, 1.82) is 0 Å². The molecule has 1 amide bonds. The van der Waals surface area contributed by atoms with E-state index in [0.29, 0.717) is 40.1 Å². The maximum atomic E-state index is 11.9. The van der Waals surface area contributed by atoms with Crippen LogP contribution in [0.3, 0.4) is 0 Å². The molecule has 0 atom stereocenters. The highest BCUT2D eigenvalue weighted by atomic mass is 32.2. The van der Waals surface area contributed by atoms with Gasteiger partial charge < -0.3 is 14.3 Å². The van der Waals surface area contributed by atoms with Crippen LogP contribution in [0.1, 0.15) is 18.1 Å². The Labute approximate surface area is 166 Å². The first kappa shape index (κ1) is 18.3. The van der Waals surface area contributed by atoms with Gasteiger partial charge in [-0.3, -0.25) is 9.78 Å². The molecule has 0 aliphatic heterocycles. The Balaban J connectivity index is 1.26. The average molecular weight is 415 g/mol. The Morgan fingerprint density at radius 2 is 2.25 bits per heavy atom. The topological polar surface area (TPSA) is 133 Å². The number of anilines is 1. The number of nitrogens with one attached hydrogen (secondary N) is 1. The van der Waals surface area contributed by atoms with Gasteiger partial charge in [-0.25, -0.2) is 4.98 Å². The van der Waals surface area contributed by atoms with Crippen molar-refractivity contribution in [3.63, 3.8) is 0 Å². The lowest BCUT2D eigenvalue weighted by molar-refractivity contribution is -0.116. The summed E-state index contributed by atoms with van der Waals surface area (Å²) in [6.45, 7) is 0. The van der Waals surface area contributed by atoms with Gasteiger partial charge in [0.1, 0.15) is 0 Å². The summed E-state index contributed by atoms with van der Waals surface area (Å²) in [7, 11) is 0. The molecule has 0 unspecified atom stereocenters. The average Bonchev–Trinajstić information content (AvgIpc) is 3.47. The predicted molar refractivity (Wildman–Crippen MR) is 100 cm³/mol. The fraction of sp³-hybridized carbons (Fsp3) is 0.188. The van der Waals surface area contributed by atoms with Crippen molar-refractivity contribution in [2.45, 2.75) is 23.8 Å². The second-order valence-electron chi connectivity index (χ2n) is 5.39. The molecule has 4 heterocycles. The summed E-state index contributed by atoms with van der Waals surface area (Å²) in [5.74, 6) is 1.53. The van der Waals surface area contributed by atoms with Crippen molar-refractivity contribution in [3.05, 3.63) is 47.8 Å². The van der Waals surface area contributed by atoms with Gasteiger partial charge in [0.25, 0.3) is 5.22 Å². The van der Waals surface area contributed by atoms with Crippen molar-refractivity contribution in [3.8, 4) is 11.5 Å². The van der Waals surface area contributed by atoms with Crippen LogP contribution in [0.15, 0.2) is 50.3 Å². The summed E-state index contributed by atoms with van der Waals surface area (Å²) in [4.78, 5) is 24.1. The molecule has 4 aromatic rings. The van der Waals surface area contributed by atoms with E-state index in [1.807, 2.05) is 6.07 Å². The number of pyridine rings is 1. The first-order valence-corrected chi connectivity index (χ1v) is 10.0. The maximum Gasteiger partial charge on any atom is 0.277 e.